The quantitative estimate of drug-likeness (QED) is 0.539. The molecule has 0 radical (unpaired) electrons. The zero-order chi connectivity index (χ0) is 22.7. The second kappa shape index (κ2) is 7.91. The Morgan fingerprint density at radius 3 is 2.75 bits per heavy atom. The van der Waals surface area contributed by atoms with Crippen LogP contribution in [0.15, 0.2) is 4.47 Å². The molecule has 0 N–H and O–H groups in total. The molecule has 4 heterocycles. The van der Waals surface area contributed by atoms with E-state index < -0.39 is 36.2 Å². The highest BCUT2D eigenvalue weighted by Crippen LogP contribution is 2.42. The second-order valence-corrected chi connectivity index (χ2v) is 9.17. The number of rotatable bonds is 5. The minimum absolute atomic E-state index is 0.0279. The SMILES string of the molecule is Fc1c(Br)c2c(c3c(OCC(F)(F)F)nc(OC[C@@]45CCCN4CC(F)C5)nc13)COC2. The highest BCUT2D eigenvalue weighted by molar-refractivity contribution is 9.10. The molecule has 12 heteroatoms. The molecule has 1 unspecified atom stereocenters. The molecule has 32 heavy (non-hydrogen) atoms. The predicted octanol–water partition coefficient (Wildman–Crippen LogP) is 4.46. The van der Waals surface area contributed by atoms with Crippen LogP contribution in [0.1, 0.15) is 30.4 Å². The lowest BCUT2D eigenvalue weighted by molar-refractivity contribution is -0.153. The molecule has 1 aromatic heterocycles. The largest absolute Gasteiger partial charge is 0.467 e. The van der Waals surface area contributed by atoms with Crippen molar-refractivity contribution in [3.8, 4) is 11.9 Å². The highest BCUT2D eigenvalue weighted by atomic mass is 79.9. The number of halogens is 6. The molecule has 3 aliphatic rings. The molecule has 2 saturated heterocycles. The van der Waals surface area contributed by atoms with Crippen LogP contribution in [0.2, 0.25) is 0 Å². The number of ether oxygens (including phenoxy) is 3. The predicted molar refractivity (Wildman–Crippen MR) is 106 cm³/mol. The molecule has 0 spiro atoms. The van der Waals surface area contributed by atoms with Crippen molar-refractivity contribution in [3.63, 3.8) is 0 Å². The standard InChI is InChI=1S/C20H19BrF5N3O3/c21-14-12-7-30-6-11(12)13-16(15(14)23)27-18(28-17(13)31-9-20(24,25)26)32-8-19-2-1-3-29(19)5-10(22)4-19/h10H,1-9H2/t10?,19-/m0/s1. The van der Waals surface area contributed by atoms with Crippen LogP contribution in [-0.2, 0) is 18.0 Å². The second-order valence-electron chi connectivity index (χ2n) is 8.38. The van der Waals surface area contributed by atoms with Gasteiger partial charge < -0.3 is 14.2 Å². The van der Waals surface area contributed by atoms with Crippen LogP contribution in [-0.4, -0.2) is 59.1 Å². The summed E-state index contributed by atoms with van der Waals surface area (Å²) in [5, 5.41) is 0.0279. The fraction of sp³-hybridized carbons (Fsp3) is 0.600. The van der Waals surface area contributed by atoms with E-state index in [4.69, 9.17) is 14.2 Å². The summed E-state index contributed by atoms with van der Waals surface area (Å²) in [7, 11) is 0. The molecule has 6 nitrogen and oxygen atoms in total. The van der Waals surface area contributed by atoms with Crippen molar-refractivity contribution in [3.05, 3.63) is 21.4 Å². The van der Waals surface area contributed by atoms with Gasteiger partial charge in [0, 0.05) is 18.5 Å². The number of alkyl halides is 4. The van der Waals surface area contributed by atoms with Gasteiger partial charge in [-0.1, -0.05) is 0 Å². The van der Waals surface area contributed by atoms with E-state index in [1.54, 1.807) is 0 Å². The summed E-state index contributed by atoms with van der Waals surface area (Å²) in [5.41, 5.74) is 0.201. The monoisotopic (exact) mass is 523 g/mol. The molecule has 2 aromatic rings. The zero-order valence-electron chi connectivity index (χ0n) is 16.8. The van der Waals surface area contributed by atoms with Crippen molar-refractivity contribution in [2.45, 2.75) is 50.4 Å². The van der Waals surface area contributed by atoms with Crippen LogP contribution in [0, 0.1) is 5.82 Å². The smallest absolute Gasteiger partial charge is 0.422 e. The molecular formula is C20H19BrF5N3O3. The third-order valence-electron chi connectivity index (χ3n) is 6.28. The van der Waals surface area contributed by atoms with Gasteiger partial charge in [0.25, 0.3) is 0 Å². The molecule has 5 rings (SSSR count). The van der Waals surface area contributed by atoms with Crippen molar-refractivity contribution < 1.29 is 36.2 Å². The fourth-order valence-corrected chi connectivity index (χ4v) is 5.44. The summed E-state index contributed by atoms with van der Waals surface area (Å²) < 4.78 is 83.8. The van der Waals surface area contributed by atoms with Crippen molar-refractivity contribution >= 4 is 26.8 Å². The van der Waals surface area contributed by atoms with Gasteiger partial charge in [-0.25, -0.2) is 8.78 Å². The molecule has 3 aliphatic heterocycles. The number of fused-ring (bicyclic) bond motifs is 4. The third-order valence-corrected chi connectivity index (χ3v) is 7.11. The van der Waals surface area contributed by atoms with Gasteiger partial charge in [0.2, 0.25) is 5.88 Å². The van der Waals surface area contributed by atoms with Crippen molar-refractivity contribution in [1.82, 2.24) is 14.9 Å². The van der Waals surface area contributed by atoms with Crippen LogP contribution in [0.5, 0.6) is 11.9 Å². The Kier molecular flexibility index (Phi) is 5.44. The molecule has 0 amide bonds. The number of hydrogen-bond donors (Lipinski definition) is 0. The summed E-state index contributed by atoms with van der Waals surface area (Å²) in [6.45, 7) is -0.331. The Balaban J connectivity index is 1.54. The average Bonchev–Trinajstić information content (AvgIpc) is 3.42. The van der Waals surface area contributed by atoms with Gasteiger partial charge in [-0.15, -0.1) is 0 Å². The summed E-state index contributed by atoms with van der Waals surface area (Å²) in [6, 6.07) is -0.317. The van der Waals surface area contributed by atoms with Crippen molar-refractivity contribution in [1.29, 1.82) is 0 Å². The van der Waals surface area contributed by atoms with Gasteiger partial charge >= 0.3 is 12.2 Å². The van der Waals surface area contributed by atoms with Gasteiger partial charge in [-0.3, -0.25) is 4.90 Å². The lowest BCUT2D eigenvalue weighted by Gasteiger charge is -2.30. The maximum absolute atomic E-state index is 15.1. The molecular weight excluding hydrogens is 505 g/mol. The molecule has 0 saturated carbocycles. The van der Waals surface area contributed by atoms with Gasteiger partial charge in [-0.05, 0) is 40.9 Å². The average molecular weight is 524 g/mol. The number of aromatic nitrogens is 2. The lowest BCUT2D eigenvalue weighted by Crippen LogP contribution is -2.43. The van der Waals surface area contributed by atoms with Gasteiger partial charge in [0.15, 0.2) is 12.4 Å². The van der Waals surface area contributed by atoms with E-state index in [2.05, 4.69) is 25.9 Å². The first-order chi connectivity index (χ1) is 15.2. The van der Waals surface area contributed by atoms with Crippen LogP contribution >= 0.6 is 15.9 Å². The minimum Gasteiger partial charge on any atom is -0.467 e. The third kappa shape index (κ3) is 3.79. The van der Waals surface area contributed by atoms with Gasteiger partial charge in [0.1, 0.15) is 18.3 Å². The Morgan fingerprint density at radius 2 is 1.97 bits per heavy atom. The van der Waals surface area contributed by atoms with Gasteiger partial charge in [-0.2, -0.15) is 23.1 Å². The van der Waals surface area contributed by atoms with Gasteiger partial charge in [0.05, 0.1) is 28.6 Å². The van der Waals surface area contributed by atoms with Crippen molar-refractivity contribution in [2.24, 2.45) is 0 Å². The molecule has 0 bridgehead atoms. The zero-order valence-corrected chi connectivity index (χ0v) is 18.4. The first kappa shape index (κ1) is 22.0. The Labute approximate surface area is 188 Å². The number of hydrogen-bond acceptors (Lipinski definition) is 6. The molecule has 2 atom stereocenters. The highest BCUT2D eigenvalue weighted by Gasteiger charge is 2.49. The summed E-state index contributed by atoms with van der Waals surface area (Å²) in [4.78, 5) is 10.2. The van der Waals surface area contributed by atoms with Crippen LogP contribution < -0.4 is 9.47 Å². The van der Waals surface area contributed by atoms with Crippen LogP contribution in [0.4, 0.5) is 22.0 Å². The molecule has 1 aromatic carbocycles. The maximum Gasteiger partial charge on any atom is 0.422 e. The lowest BCUT2D eigenvalue weighted by atomic mass is 9.95. The molecule has 2 fully saturated rings. The van der Waals surface area contributed by atoms with Crippen LogP contribution in [0.3, 0.4) is 0 Å². The number of benzene rings is 1. The topological polar surface area (TPSA) is 56.7 Å². The summed E-state index contributed by atoms with van der Waals surface area (Å²) in [5.74, 6) is -1.19. The molecule has 174 valence electrons. The Bertz CT molecular complexity index is 1070. The fourth-order valence-electron chi connectivity index (χ4n) is 4.90. The van der Waals surface area contributed by atoms with E-state index in [-0.39, 0.29) is 41.2 Å². The first-order valence-electron chi connectivity index (χ1n) is 10.2. The summed E-state index contributed by atoms with van der Waals surface area (Å²) >= 11 is 3.18. The first-order valence-corrected chi connectivity index (χ1v) is 11.0. The maximum atomic E-state index is 15.1. The van der Waals surface area contributed by atoms with E-state index in [1.165, 1.54) is 0 Å². The van der Waals surface area contributed by atoms with Crippen LogP contribution in [0.25, 0.3) is 10.9 Å². The molecule has 0 aliphatic carbocycles. The van der Waals surface area contributed by atoms with E-state index in [0.29, 0.717) is 24.1 Å². The summed E-state index contributed by atoms with van der Waals surface area (Å²) in [6.07, 6.45) is -3.68. The minimum atomic E-state index is -4.62. The Morgan fingerprint density at radius 1 is 1.19 bits per heavy atom. The van der Waals surface area contributed by atoms with E-state index in [1.807, 2.05) is 4.90 Å². The van der Waals surface area contributed by atoms with E-state index >= 15 is 4.39 Å². The van der Waals surface area contributed by atoms with E-state index in [9.17, 15) is 17.6 Å². The van der Waals surface area contributed by atoms with Crippen molar-refractivity contribution in [2.75, 3.05) is 26.3 Å². The number of nitrogens with zero attached hydrogens (tertiary/aromatic N) is 3. The normalized spacial score (nSPS) is 25.4. The Hall–Kier alpha value is -1.79. The van der Waals surface area contributed by atoms with E-state index in [0.717, 1.165) is 19.4 Å².